The van der Waals surface area contributed by atoms with Gasteiger partial charge in [-0.05, 0) is 67.6 Å². The van der Waals surface area contributed by atoms with E-state index in [0.29, 0.717) is 17.9 Å². The average Bonchev–Trinajstić information content (AvgIpc) is 3.05. The van der Waals surface area contributed by atoms with Gasteiger partial charge in [-0.15, -0.1) is 0 Å². The number of benzene rings is 1. The highest BCUT2D eigenvalue weighted by Gasteiger charge is 2.49. The van der Waals surface area contributed by atoms with Crippen LogP contribution in [0.2, 0.25) is 0 Å². The molecule has 1 aromatic heterocycles. The lowest BCUT2D eigenvalue weighted by Gasteiger charge is -2.46. The van der Waals surface area contributed by atoms with Gasteiger partial charge in [-0.1, -0.05) is 49.6 Å². The van der Waals surface area contributed by atoms with Gasteiger partial charge in [-0.3, -0.25) is 0 Å². The monoisotopic (exact) mass is 347 g/mol. The van der Waals surface area contributed by atoms with Crippen molar-refractivity contribution in [3.63, 3.8) is 0 Å². The Morgan fingerprint density at radius 2 is 1.92 bits per heavy atom. The summed E-state index contributed by atoms with van der Waals surface area (Å²) >= 11 is 0. The molecule has 1 aromatic carbocycles. The second-order valence-electron chi connectivity index (χ2n) is 8.69. The zero-order valence-electron chi connectivity index (χ0n) is 15.7. The van der Waals surface area contributed by atoms with Crippen LogP contribution < -0.4 is 0 Å². The van der Waals surface area contributed by atoms with Gasteiger partial charge in [0.05, 0.1) is 23.9 Å². The molecule has 2 nitrogen and oxygen atoms in total. The van der Waals surface area contributed by atoms with Crippen molar-refractivity contribution < 1.29 is 4.74 Å². The van der Waals surface area contributed by atoms with E-state index in [0.717, 1.165) is 35.6 Å². The maximum Gasteiger partial charge on any atom is 0.0709 e. The predicted molar refractivity (Wildman–Crippen MR) is 107 cm³/mol. The number of para-hydroxylation sites is 1. The molecule has 0 amide bonds. The summed E-state index contributed by atoms with van der Waals surface area (Å²) in [5.41, 5.74) is 2.18. The van der Waals surface area contributed by atoms with Crippen molar-refractivity contribution in [2.24, 2.45) is 29.6 Å². The Kier molecular flexibility index (Phi) is 4.32. The summed E-state index contributed by atoms with van der Waals surface area (Å²) in [6, 6.07) is 12.7. The first-order chi connectivity index (χ1) is 12.8. The minimum atomic E-state index is 0.405. The lowest BCUT2D eigenvalue weighted by atomic mass is 9.57. The molecule has 136 valence electrons. The lowest BCUT2D eigenvalue weighted by molar-refractivity contribution is 0.0378. The number of pyridine rings is 1. The molecule has 3 aliphatic rings. The van der Waals surface area contributed by atoms with Crippen molar-refractivity contribution in [2.75, 3.05) is 6.61 Å². The van der Waals surface area contributed by atoms with Gasteiger partial charge in [0, 0.05) is 5.39 Å². The van der Waals surface area contributed by atoms with Crippen molar-refractivity contribution >= 4 is 17.0 Å². The SMILES string of the molecule is C[C@H]1OC[C@@H]2C[C@@H]3CCCC[C@H]3[C@H](/C=C/c3ccc4ccccc4n3)[C@@H]21. The highest BCUT2D eigenvalue weighted by molar-refractivity contribution is 5.79. The van der Waals surface area contributed by atoms with Crippen molar-refractivity contribution in [3.8, 4) is 0 Å². The highest BCUT2D eigenvalue weighted by Crippen LogP contribution is 2.53. The molecule has 0 unspecified atom stereocenters. The molecule has 2 heterocycles. The summed E-state index contributed by atoms with van der Waals surface area (Å²) < 4.78 is 6.10. The van der Waals surface area contributed by atoms with Crippen LogP contribution in [-0.4, -0.2) is 17.7 Å². The molecule has 0 bridgehead atoms. The first kappa shape index (κ1) is 16.5. The van der Waals surface area contributed by atoms with Crippen LogP contribution in [0, 0.1) is 29.6 Å². The van der Waals surface area contributed by atoms with Crippen LogP contribution in [0.4, 0.5) is 0 Å². The Labute approximate surface area is 156 Å². The van der Waals surface area contributed by atoms with Gasteiger partial charge in [-0.25, -0.2) is 4.98 Å². The Hall–Kier alpha value is -1.67. The van der Waals surface area contributed by atoms with Crippen molar-refractivity contribution in [2.45, 2.75) is 45.1 Å². The zero-order valence-corrected chi connectivity index (χ0v) is 15.7. The fraction of sp³-hybridized carbons (Fsp3) is 0.542. The molecule has 2 heteroatoms. The van der Waals surface area contributed by atoms with E-state index in [1.165, 1.54) is 37.5 Å². The van der Waals surface area contributed by atoms with E-state index in [9.17, 15) is 0 Å². The van der Waals surface area contributed by atoms with E-state index < -0.39 is 0 Å². The van der Waals surface area contributed by atoms with E-state index in [2.05, 4.69) is 55.5 Å². The maximum absolute atomic E-state index is 6.10. The fourth-order valence-electron chi connectivity index (χ4n) is 6.10. The van der Waals surface area contributed by atoms with Gasteiger partial charge in [0.1, 0.15) is 0 Å². The smallest absolute Gasteiger partial charge is 0.0709 e. The average molecular weight is 348 g/mol. The first-order valence-electron chi connectivity index (χ1n) is 10.5. The minimum Gasteiger partial charge on any atom is -0.378 e. The van der Waals surface area contributed by atoms with Gasteiger partial charge in [0.25, 0.3) is 0 Å². The van der Waals surface area contributed by atoms with Crippen LogP contribution in [0.5, 0.6) is 0 Å². The van der Waals surface area contributed by atoms with E-state index in [-0.39, 0.29) is 0 Å². The van der Waals surface area contributed by atoms with Crippen LogP contribution in [0.15, 0.2) is 42.5 Å². The largest absolute Gasteiger partial charge is 0.378 e. The summed E-state index contributed by atoms with van der Waals surface area (Å²) in [5.74, 6) is 3.89. The molecular formula is C24H29NO. The Balaban J connectivity index is 1.45. The molecule has 26 heavy (non-hydrogen) atoms. The number of rotatable bonds is 2. The highest BCUT2D eigenvalue weighted by atomic mass is 16.5. The lowest BCUT2D eigenvalue weighted by Crippen LogP contribution is -2.42. The minimum absolute atomic E-state index is 0.405. The quantitative estimate of drug-likeness (QED) is 0.692. The van der Waals surface area contributed by atoms with Gasteiger partial charge in [0.15, 0.2) is 0 Å². The van der Waals surface area contributed by atoms with Crippen molar-refractivity contribution in [1.29, 1.82) is 0 Å². The molecular weight excluding hydrogens is 318 g/mol. The molecule has 0 spiro atoms. The van der Waals surface area contributed by atoms with Crippen LogP contribution in [0.3, 0.4) is 0 Å². The second-order valence-corrected chi connectivity index (χ2v) is 8.69. The van der Waals surface area contributed by atoms with Crippen molar-refractivity contribution in [3.05, 3.63) is 48.2 Å². The molecule has 2 saturated carbocycles. The van der Waals surface area contributed by atoms with E-state index in [1.54, 1.807) is 0 Å². The molecule has 1 saturated heterocycles. The zero-order chi connectivity index (χ0) is 17.5. The number of allylic oxidation sites excluding steroid dienone is 1. The topological polar surface area (TPSA) is 22.1 Å². The van der Waals surface area contributed by atoms with E-state index in [1.807, 2.05) is 0 Å². The number of hydrogen-bond donors (Lipinski definition) is 0. The second kappa shape index (κ2) is 6.81. The molecule has 0 radical (unpaired) electrons. The van der Waals surface area contributed by atoms with Crippen LogP contribution in [-0.2, 0) is 4.74 Å². The third-order valence-corrected chi connectivity index (χ3v) is 7.28. The Bertz CT molecular complexity index is 811. The number of aromatic nitrogens is 1. The first-order valence-corrected chi connectivity index (χ1v) is 10.5. The maximum atomic E-state index is 6.10. The summed E-state index contributed by atoms with van der Waals surface area (Å²) in [6.07, 6.45) is 12.3. The van der Waals surface area contributed by atoms with Crippen LogP contribution >= 0.6 is 0 Å². The number of fused-ring (bicyclic) bond motifs is 3. The molecule has 3 fully saturated rings. The van der Waals surface area contributed by atoms with Crippen molar-refractivity contribution in [1.82, 2.24) is 4.98 Å². The van der Waals surface area contributed by atoms with E-state index in [4.69, 9.17) is 9.72 Å². The van der Waals surface area contributed by atoms with Gasteiger partial charge >= 0.3 is 0 Å². The fourth-order valence-corrected chi connectivity index (χ4v) is 6.10. The summed E-state index contributed by atoms with van der Waals surface area (Å²) in [4.78, 5) is 4.85. The predicted octanol–water partition coefficient (Wildman–Crippen LogP) is 5.73. The molecule has 5 rings (SSSR count). The van der Waals surface area contributed by atoms with Crippen LogP contribution in [0.25, 0.3) is 17.0 Å². The Morgan fingerprint density at radius 1 is 1.04 bits per heavy atom. The number of nitrogens with zero attached hydrogens (tertiary/aromatic N) is 1. The summed E-state index contributed by atoms with van der Waals surface area (Å²) in [6.45, 7) is 3.27. The third-order valence-electron chi connectivity index (χ3n) is 7.28. The normalized spacial score (nSPS) is 37.0. The van der Waals surface area contributed by atoms with Gasteiger partial charge in [0.2, 0.25) is 0 Å². The molecule has 6 atom stereocenters. The van der Waals surface area contributed by atoms with E-state index >= 15 is 0 Å². The van der Waals surface area contributed by atoms with Crippen LogP contribution in [0.1, 0.15) is 44.7 Å². The van der Waals surface area contributed by atoms with Gasteiger partial charge in [-0.2, -0.15) is 0 Å². The number of hydrogen-bond acceptors (Lipinski definition) is 2. The standard InChI is InChI=1S/C24H29NO/c1-16-24-19(15-26-16)14-18-7-2-4-8-21(18)22(24)13-12-20-11-10-17-6-3-5-9-23(17)25-20/h3,5-6,9-13,16,18-19,21-22,24H,2,4,7-8,14-15H2,1H3/b13-12+/t16-,18+,19+,21-,22+,24-/m1/s1. The number of ether oxygens (including phenoxy) is 1. The van der Waals surface area contributed by atoms with Gasteiger partial charge < -0.3 is 4.74 Å². The Morgan fingerprint density at radius 3 is 2.88 bits per heavy atom. The molecule has 2 aromatic rings. The molecule has 2 aliphatic carbocycles. The summed E-state index contributed by atoms with van der Waals surface area (Å²) in [7, 11) is 0. The molecule has 0 N–H and O–H groups in total. The molecule has 1 aliphatic heterocycles. The third kappa shape index (κ3) is 2.89. The summed E-state index contributed by atoms with van der Waals surface area (Å²) in [5, 5.41) is 1.22.